The maximum atomic E-state index is 12.2. The van der Waals surface area contributed by atoms with E-state index in [9.17, 15) is 4.79 Å². The predicted octanol–water partition coefficient (Wildman–Crippen LogP) is 4.35. The summed E-state index contributed by atoms with van der Waals surface area (Å²) < 4.78 is 1.06. The number of hydrogen-bond donors (Lipinski definition) is 1. The van der Waals surface area contributed by atoms with E-state index >= 15 is 0 Å². The number of thioether (sulfide) groups is 1. The molecule has 0 bridgehead atoms. The number of amides is 1. The summed E-state index contributed by atoms with van der Waals surface area (Å²) >= 11 is 5.02. The van der Waals surface area contributed by atoms with Crippen molar-refractivity contribution in [2.24, 2.45) is 0 Å². The Morgan fingerprint density at radius 1 is 1.10 bits per heavy atom. The Labute approximate surface area is 137 Å². The molecule has 1 amide bonds. The summed E-state index contributed by atoms with van der Waals surface area (Å²) in [5.41, 5.74) is 1.07. The lowest BCUT2D eigenvalue weighted by Crippen LogP contribution is -2.36. The van der Waals surface area contributed by atoms with Crippen molar-refractivity contribution in [3.63, 3.8) is 0 Å². The van der Waals surface area contributed by atoms with Crippen LogP contribution in [0.5, 0.6) is 0 Å². The maximum absolute atomic E-state index is 12.2. The van der Waals surface area contributed by atoms with Gasteiger partial charge in [0.05, 0.1) is 11.3 Å². The molecule has 0 radical (unpaired) electrons. The Morgan fingerprint density at radius 3 is 2.38 bits per heavy atom. The summed E-state index contributed by atoms with van der Waals surface area (Å²) in [4.78, 5) is 13.3. The van der Waals surface area contributed by atoms with Gasteiger partial charge in [-0.3, -0.25) is 4.79 Å². The highest BCUT2D eigenvalue weighted by molar-refractivity contribution is 9.10. The van der Waals surface area contributed by atoms with E-state index in [1.54, 1.807) is 11.8 Å². The third-order valence-corrected chi connectivity index (χ3v) is 5.18. The van der Waals surface area contributed by atoms with Crippen LogP contribution < -0.4 is 5.32 Å². The van der Waals surface area contributed by atoms with Crippen molar-refractivity contribution < 1.29 is 4.79 Å². The van der Waals surface area contributed by atoms with E-state index in [0.717, 1.165) is 22.2 Å². The predicted molar refractivity (Wildman–Crippen MR) is 90.4 cm³/mol. The minimum atomic E-state index is -0.130. The summed E-state index contributed by atoms with van der Waals surface area (Å²) in [6.07, 6.45) is 2.05. The monoisotopic (exact) mass is 361 g/mol. The van der Waals surface area contributed by atoms with E-state index in [1.807, 2.05) is 42.5 Å². The van der Waals surface area contributed by atoms with Crippen molar-refractivity contribution in [3.05, 3.63) is 64.6 Å². The van der Waals surface area contributed by atoms with Crippen LogP contribution in [0.2, 0.25) is 0 Å². The average Bonchev–Trinajstić information content (AvgIpc) is 3.27. The van der Waals surface area contributed by atoms with Gasteiger partial charge < -0.3 is 5.32 Å². The molecule has 1 fully saturated rings. The molecule has 1 aliphatic carbocycles. The number of benzene rings is 2. The van der Waals surface area contributed by atoms with Gasteiger partial charge in [-0.05, 0) is 42.7 Å². The number of carbonyl (C=O) groups is 1. The molecule has 0 atom stereocenters. The Balaban J connectivity index is 1.58. The summed E-state index contributed by atoms with van der Waals surface area (Å²) in [6, 6.07) is 18.2. The largest absolute Gasteiger partial charge is 0.346 e. The number of rotatable bonds is 5. The first kappa shape index (κ1) is 14.7. The molecule has 0 saturated heterocycles. The van der Waals surface area contributed by atoms with Gasteiger partial charge in [0.25, 0.3) is 0 Å². The fourth-order valence-electron chi connectivity index (χ4n) is 2.35. The van der Waals surface area contributed by atoms with Crippen LogP contribution >= 0.6 is 27.7 Å². The zero-order valence-corrected chi connectivity index (χ0v) is 13.9. The Bertz CT molecular complexity index is 623. The molecule has 0 unspecified atom stereocenters. The van der Waals surface area contributed by atoms with E-state index in [0.29, 0.717) is 5.75 Å². The standard InChI is InChI=1S/C17H16BrNOS/c18-14-8-6-13(7-9-14)17(10-11-17)19-16(20)12-21-15-4-2-1-3-5-15/h1-9H,10-12H2,(H,19,20). The van der Waals surface area contributed by atoms with Crippen molar-refractivity contribution in [1.29, 1.82) is 0 Å². The van der Waals surface area contributed by atoms with E-state index in [2.05, 4.69) is 33.4 Å². The molecular formula is C17H16BrNOS. The Kier molecular flexibility index (Phi) is 4.36. The molecule has 0 heterocycles. The second-order valence-electron chi connectivity index (χ2n) is 5.24. The molecule has 2 aromatic rings. The molecule has 0 aromatic heterocycles. The summed E-state index contributed by atoms with van der Waals surface area (Å²) in [5.74, 6) is 0.562. The molecule has 1 N–H and O–H groups in total. The Hall–Kier alpha value is -1.26. The normalized spacial score (nSPS) is 15.5. The van der Waals surface area contributed by atoms with Crippen molar-refractivity contribution in [2.75, 3.05) is 5.75 Å². The van der Waals surface area contributed by atoms with Gasteiger partial charge in [0.15, 0.2) is 0 Å². The van der Waals surface area contributed by atoms with Crippen LogP contribution in [0.15, 0.2) is 64.0 Å². The second-order valence-corrected chi connectivity index (χ2v) is 7.20. The highest BCUT2D eigenvalue weighted by Gasteiger charge is 2.45. The van der Waals surface area contributed by atoms with Gasteiger partial charge in [-0.1, -0.05) is 46.3 Å². The van der Waals surface area contributed by atoms with Crippen LogP contribution in [0.3, 0.4) is 0 Å². The van der Waals surface area contributed by atoms with Gasteiger partial charge in [-0.2, -0.15) is 0 Å². The average molecular weight is 362 g/mol. The highest BCUT2D eigenvalue weighted by Crippen LogP contribution is 2.45. The second kappa shape index (κ2) is 6.24. The Morgan fingerprint density at radius 2 is 1.76 bits per heavy atom. The third-order valence-electron chi connectivity index (χ3n) is 3.64. The van der Waals surface area contributed by atoms with Gasteiger partial charge in [0.1, 0.15) is 0 Å². The van der Waals surface area contributed by atoms with Crippen molar-refractivity contribution in [2.45, 2.75) is 23.3 Å². The topological polar surface area (TPSA) is 29.1 Å². The van der Waals surface area contributed by atoms with Crippen LogP contribution in [-0.4, -0.2) is 11.7 Å². The molecule has 1 aliphatic rings. The van der Waals surface area contributed by atoms with Gasteiger partial charge in [0.2, 0.25) is 5.91 Å². The van der Waals surface area contributed by atoms with Gasteiger partial charge >= 0.3 is 0 Å². The van der Waals surface area contributed by atoms with Crippen molar-refractivity contribution >= 4 is 33.6 Å². The lowest BCUT2D eigenvalue weighted by Gasteiger charge is -2.18. The van der Waals surface area contributed by atoms with E-state index in [1.165, 1.54) is 5.56 Å². The van der Waals surface area contributed by atoms with Crippen molar-refractivity contribution in [1.82, 2.24) is 5.32 Å². The molecule has 0 spiro atoms. The fourth-order valence-corrected chi connectivity index (χ4v) is 3.33. The molecule has 4 heteroatoms. The third kappa shape index (κ3) is 3.69. The molecule has 2 nitrogen and oxygen atoms in total. The zero-order chi connectivity index (χ0) is 14.7. The maximum Gasteiger partial charge on any atom is 0.231 e. The van der Waals surface area contributed by atoms with E-state index in [-0.39, 0.29) is 11.4 Å². The lowest BCUT2D eigenvalue weighted by atomic mass is 10.1. The fraction of sp³-hybridized carbons (Fsp3) is 0.235. The van der Waals surface area contributed by atoms with Gasteiger partial charge in [-0.25, -0.2) is 0 Å². The highest BCUT2D eigenvalue weighted by atomic mass is 79.9. The molecule has 3 rings (SSSR count). The molecular weight excluding hydrogens is 346 g/mol. The summed E-state index contributed by atoms with van der Waals surface area (Å²) in [5, 5.41) is 3.20. The zero-order valence-electron chi connectivity index (χ0n) is 11.5. The first-order valence-corrected chi connectivity index (χ1v) is 8.71. The smallest absolute Gasteiger partial charge is 0.231 e. The molecule has 21 heavy (non-hydrogen) atoms. The number of nitrogens with one attached hydrogen (secondary N) is 1. The van der Waals surface area contributed by atoms with E-state index < -0.39 is 0 Å². The van der Waals surface area contributed by atoms with Crippen molar-refractivity contribution in [3.8, 4) is 0 Å². The van der Waals surface area contributed by atoms with Crippen LogP contribution in [0.1, 0.15) is 18.4 Å². The van der Waals surface area contributed by atoms with Crippen LogP contribution in [0.4, 0.5) is 0 Å². The van der Waals surface area contributed by atoms with E-state index in [4.69, 9.17) is 0 Å². The first-order valence-electron chi connectivity index (χ1n) is 6.93. The molecule has 108 valence electrons. The number of carbonyl (C=O) groups excluding carboxylic acids is 1. The number of hydrogen-bond acceptors (Lipinski definition) is 2. The first-order chi connectivity index (χ1) is 10.2. The minimum absolute atomic E-state index is 0.101. The van der Waals surface area contributed by atoms with Crippen LogP contribution in [-0.2, 0) is 10.3 Å². The summed E-state index contributed by atoms with van der Waals surface area (Å²) in [6.45, 7) is 0. The summed E-state index contributed by atoms with van der Waals surface area (Å²) in [7, 11) is 0. The lowest BCUT2D eigenvalue weighted by molar-refractivity contribution is -0.119. The molecule has 1 saturated carbocycles. The minimum Gasteiger partial charge on any atom is -0.346 e. The quantitative estimate of drug-likeness (QED) is 0.802. The van der Waals surface area contributed by atoms with Gasteiger partial charge in [-0.15, -0.1) is 11.8 Å². The molecule has 0 aliphatic heterocycles. The SMILES string of the molecule is O=C(CSc1ccccc1)NC1(c2ccc(Br)cc2)CC1. The van der Waals surface area contributed by atoms with Crippen LogP contribution in [0.25, 0.3) is 0 Å². The number of halogens is 1. The van der Waals surface area contributed by atoms with Gasteiger partial charge in [0, 0.05) is 9.37 Å². The van der Waals surface area contributed by atoms with Crippen LogP contribution in [0, 0.1) is 0 Å². The molecule has 2 aromatic carbocycles.